The van der Waals surface area contributed by atoms with E-state index in [2.05, 4.69) is 15.9 Å². The molecule has 0 unspecified atom stereocenters. The molecule has 0 aliphatic rings. The molecule has 1 aromatic heterocycles. The average Bonchev–Trinajstić information content (AvgIpc) is 2.33. The van der Waals surface area contributed by atoms with Crippen LogP contribution in [0, 0.1) is 0 Å². The van der Waals surface area contributed by atoms with Crippen LogP contribution in [0.2, 0.25) is 10.0 Å². The summed E-state index contributed by atoms with van der Waals surface area (Å²) in [5.41, 5.74) is -3.87. The number of halogens is 6. The van der Waals surface area contributed by atoms with Crippen molar-refractivity contribution in [3.63, 3.8) is 0 Å². The first-order valence-electron chi connectivity index (χ1n) is 5.20. The Morgan fingerprint density at radius 1 is 1.10 bits per heavy atom. The lowest BCUT2D eigenvalue weighted by Crippen LogP contribution is -2.35. The van der Waals surface area contributed by atoms with Crippen LogP contribution >= 0.6 is 39.1 Å². The Kier molecular flexibility index (Phi) is 4.23. The van der Waals surface area contributed by atoms with E-state index in [4.69, 9.17) is 23.2 Å². The van der Waals surface area contributed by atoms with Crippen LogP contribution in [-0.4, -0.2) is 9.55 Å². The number of benzene rings is 1. The number of alkyl halides is 3. The van der Waals surface area contributed by atoms with Crippen LogP contribution in [0.5, 0.6) is 0 Å². The van der Waals surface area contributed by atoms with Gasteiger partial charge in [0.1, 0.15) is 5.69 Å². The summed E-state index contributed by atoms with van der Waals surface area (Å²) in [5, 5.41) is 0.201. The van der Waals surface area contributed by atoms with Crippen LogP contribution in [-0.2, 0) is 6.18 Å². The molecule has 0 aliphatic heterocycles. The Bertz CT molecular complexity index is 775. The second kappa shape index (κ2) is 5.51. The van der Waals surface area contributed by atoms with Crippen molar-refractivity contribution >= 4 is 39.1 Å². The Labute approximate surface area is 133 Å². The fraction of sp³-hybridized carbons (Fsp3) is 0.0909. The lowest BCUT2D eigenvalue weighted by atomic mass is 10.3. The van der Waals surface area contributed by atoms with Gasteiger partial charge in [0.2, 0.25) is 0 Å². The summed E-state index contributed by atoms with van der Waals surface area (Å²) in [4.78, 5) is 25.1. The van der Waals surface area contributed by atoms with Gasteiger partial charge < -0.3 is 4.98 Å². The molecule has 4 nitrogen and oxygen atoms in total. The molecule has 0 aliphatic carbocycles. The zero-order chi connectivity index (χ0) is 15.9. The van der Waals surface area contributed by atoms with Crippen molar-refractivity contribution < 1.29 is 13.2 Å². The second-order valence-electron chi connectivity index (χ2n) is 3.88. The van der Waals surface area contributed by atoms with Crippen molar-refractivity contribution in [1.29, 1.82) is 0 Å². The minimum atomic E-state index is -4.83. The van der Waals surface area contributed by atoms with Crippen molar-refractivity contribution in [3.05, 3.63) is 59.2 Å². The molecule has 1 aromatic carbocycles. The maximum Gasteiger partial charge on any atom is 0.431 e. The van der Waals surface area contributed by atoms with E-state index in [0.29, 0.717) is 9.04 Å². The molecule has 0 saturated heterocycles. The maximum absolute atomic E-state index is 12.5. The van der Waals surface area contributed by atoms with E-state index in [9.17, 15) is 22.8 Å². The number of nitrogens with zero attached hydrogens (tertiary/aromatic N) is 1. The van der Waals surface area contributed by atoms with Gasteiger partial charge in [-0.15, -0.1) is 0 Å². The molecule has 2 aromatic rings. The lowest BCUT2D eigenvalue weighted by Gasteiger charge is -2.10. The third-order valence-electron chi connectivity index (χ3n) is 2.47. The predicted molar refractivity (Wildman–Crippen MR) is 75.4 cm³/mol. The van der Waals surface area contributed by atoms with E-state index in [0.717, 1.165) is 0 Å². The summed E-state index contributed by atoms with van der Waals surface area (Å²) in [6.45, 7) is 0. The monoisotopic (exact) mass is 402 g/mol. The van der Waals surface area contributed by atoms with Crippen molar-refractivity contribution in [1.82, 2.24) is 9.55 Å². The molecule has 10 heteroatoms. The van der Waals surface area contributed by atoms with Gasteiger partial charge in [0.15, 0.2) is 0 Å². The van der Waals surface area contributed by atoms with Gasteiger partial charge in [-0.1, -0.05) is 23.2 Å². The number of hydrogen-bond donors (Lipinski definition) is 1. The molecule has 1 N–H and O–H groups in total. The Morgan fingerprint density at radius 2 is 1.62 bits per heavy atom. The minimum absolute atomic E-state index is 0.0480. The summed E-state index contributed by atoms with van der Waals surface area (Å²) in [5.74, 6) is 0. The number of aromatic nitrogens is 2. The third-order valence-corrected chi connectivity index (χ3v) is 4.37. The summed E-state index contributed by atoms with van der Waals surface area (Å²) in [6.07, 6.45) is -4.83. The van der Waals surface area contributed by atoms with Crippen molar-refractivity contribution in [3.8, 4) is 5.69 Å². The van der Waals surface area contributed by atoms with Gasteiger partial charge in [-0.2, -0.15) is 13.2 Å². The number of nitrogens with one attached hydrogen (secondary N) is 1. The van der Waals surface area contributed by atoms with Crippen LogP contribution in [0.25, 0.3) is 5.69 Å². The van der Waals surface area contributed by atoms with Crippen LogP contribution in [0.4, 0.5) is 13.2 Å². The van der Waals surface area contributed by atoms with Gasteiger partial charge in [-0.05, 0) is 28.1 Å². The van der Waals surface area contributed by atoms with Gasteiger partial charge in [-0.3, -0.25) is 4.79 Å². The van der Waals surface area contributed by atoms with Gasteiger partial charge >= 0.3 is 11.9 Å². The van der Waals surface area contributed by atoms with Gasteiger partial charge in [0, 0.05) is 6.07 Å². The van der Waals surface area contributed by atoms with Crippen LogP contribution in [0.3, 0.4) is 0 Å². The largest absolute Gasteiger partial charge is 0.431 e. The standard InChI is InChI=1S/C11H4BrCl2F3N2O2/c12-9-5(13)1-4(2-6(9)14)19-8(20)3-7(11(15,16)17)18-10(19)21/h1-3H,(H,18,21). The molecule has 21 heavy (non-hydrogen) atoms. The Morgan fingerprint density at radius 3 is 2.05 bits per heavy atom. The van der Waals surface area contributed by atoms with Crippen LogP contribution in [0.1, 0.15) is 5.69 Å². The summed E-state index contributed by atoms with van der Waals surface area (Å²) in [6, 6.07) is 2.73. The zero-order valence-electron chi connectivity index (χ0n) is 9.76. The topological polar surface area (TPSA) is 54.9 Å². The molecular weight excluding hydrogens is 400 g/mol. The summed E-state index contributed by atoms with van der Waals surface area (Å²) in [7, 11) is 0. The van der Waals surface area contributed by atoms with Crippen LogP contribution in [0.15, 0.2) is 32.3 Å². The highest BCUT2D eigenvalue weighted by molar-refractivity contribution is 9.10. The molecule has 112 valence electrons. The third kappa shape index (κ3) is 3.17. The second-order valence-corrected chi connectivity index (χ2v) is 5.49. The van der Waals surface area contributed by atoms with Crippen molar-refractivity contribution in [2.24, 2.45) is 0 Å². The highest BCUT2D eigenvalue weighted by Crippen LogP contribution is 2.32. The Balaban J connectivity index is 2.72. The number of rotatable bonds is 1. The first-order chi connectivity index (χ1) is 9.61. The SMILES string of the molecule is O=c1cc(C(F)(F)F)[nH]c(=O)n1-c1cc(Cl)c(Br)c(Cl)c1. The van der Waals surface area contributed by atoms with Crippen molar-refractivity contribution in [2.45, 2.75) is 6.18 Å². The highest BCUT2D eigenvalue weighted by atomic mass is 79.9. The van der Waals surface area contributed by atoms with E-state index in [1.807, 2.05) is 0 Å². The molecular formula is C11H4BrCl2F3N2O2. The molecule has 0 amide bonds. The zero-order valence-corrected chi connectivity index (χ0v) is 12.9. The van der Waals surface area contributed by atoms with Crippen LogP contribution < -0.4 is 11.2 Å². The number of H-pyrrole nitrogens is 1. The quantitative estimate of drug-likeness (QED) is 0.739. The first kappa shape index (κ1) is 16.1. The van der Waals surface area contributed by atoms with Gasteiger partial charge in [0.25, 0.3) is 5.56 Å². The summed E-state index contributed by atoms with van der Waals surface area (Å²) >= 11 is 14.8. The molecule has 0 atom stereocenters. The Hall–Kier alpha value is -1.25. The van der Waals surface area contributed by atoms with E-state index < -0.39 is 23.1 Å². The summed E-state index contributed by atoms with van der Waals surface area (Å²) < 4.78 is 38.3. The smallest absolute Gasteiger partial charge is 0.303 e. The predicted octanol–water partition coefficient (Wildman–Crippen LogP) is 3.61. The molecule has 0 spiro atoms. The maximum atomic E-state index is 12.5. The fourth-order valence-corrected chi connectivity index (χ4v) is 2.27. The molecule has 0 saturated carbocycles. The fourth-order valence-electron chi connectivity index (χ4n) is 1.56. The van der Waals surface area contributed by atoms with E-state index >= 15 is 0 Å². The number of aromatic amines is 1. The minimum Gasteiger partial charge on any atom is -0.303 e. The van der Waals surface area contributed by atoms with E-state index in [-0.39, 0.29) is 21.8 Å². The normalized spacial score (nSPS) is 11.7. The molecule has 1 heterocycles. The van der Waals surface area contributed by atoms with Gasteiger partial charge in [0.05, 0.1) is 20.2 Å². The lowest BCUT2D eigenvalue weighted by molar-refractivity contribution is -0.141. The number of hydrogen-bond acceptors (Lipinski definition) is 2. The molecule has 0 fully saturated rings. The molecule has 0 radical (unpaired) electrons. The van der Waals surface area contributed by atoms with Crippen molar-refractivity contribution in [2.75, 3.05) is 0 Å². The van der Waals surface area contributed by atoms with E-state index in [1.54, 1.807) is 4.98 Å². The molecule has 2 rings (SSSR count). The van der Waals surface area contributed by atoms with E-state index in [1.165, 1.54) is 12.1 Å². The molecule has 0 bridgehead atoms. The average molecular weight is 404 g/mol. The highest BCUT2D eigenvalue weighted by Gasteiger charge is 2.33. The first-order valence-corrected chi connectivity index (χ1v) is 6.74. The van der Waals surface area contributed by atoms with Gasteiger partial charge in [-0.25, -0.2) is 9.36 Å².